The molecule has 1 aromatic heterocycles. The quantitative estimate of drug-likeness (QED) is 0.859. The summed E-state index contributed by atoms with van der Waals surface area (Å²) in [6.45, 7) is 11.9. The Morgan fingerprint density at radius 1 is 1.19 bits per heavy atom. The van der Waals surface area contributed by atoms with Gasteiger partial charge in [0.05, 0.1) is 24.2 Å². The molecular formula is C20H30N4O2. The summed E-state index contributed by atoms with van der Waals surface area (Å²) in [7, 11) is 0. The SMILES string of the molecule is CC(C)(C)C(=O)NCCc1nc2ccccc2n1CCN1CCOCC1. The molecule has 1 fully saturated rings. The first-order chi connectivity index (χ1) is 12.4. The number of imidazole rings is 1. The Morgan fingerprint density at radius 2 is 1.92 bits per heavy atom. The van der Waals surface area contributed by atoms with Crippen molar-refractivity contribution in [2.75, 3.05) is 39.4 Å². The van der Waals surface area contributed by atoms with Crippen molar-refractivity contribution in [3.05, 3.63) is 30.1 Å². The molecule has 0 unspecified atom stereocenters. The fraction of sp³-hybridized carbons (Fsp3) is 0.600. The minimum absolute atomic E-state index is 0.0773. The minimum atomic E-state index is -0.365. The van der Waals surface area contributed by atoms with E-state index in [4.69, 9.17) is 9.72 Å². The van der Waals surface area contributed by atoms with E-state index >= 15 is 0 Å². The molecule has 26 heavy (non-hydrogen) atoms. The van der Waals surface area contributed by atoms with Crippen molar-refractivity contribution < 1.29 is 9.53 Å². The van der Waals surface area contributed by atoms with Crippen LogP contribution in [-0.4, -0.2) is 59.8 Å². The summed E-state index contributed by atoms with van der Waals surface area (Å²) in [4.78, 5) is 19.3. The highest BCUT2D eigenvalue weighted by atomic mass is 16.5. The molecule has 1 N–H and O–H groups in total. The number of ether oxygens (including phenoxy) is 1. The van der Waals surface area contributed by atoms with Gasteiger partial charge in [0.15, 0.2) is 0 Å². The molecule has 0 saturated carbocycles. The predicted molar refractivity (Wildman–Crippen MR) is 103 cm³/mol. The van der Waals surface area contributed by atoms with Crippen LogP contribution in [0.1, 0.15) is 26.6 Å². The molecule has 0 atom stereocenters. The molecule has 2 aromatic rings. The van der Waals surface area contributed by atoms with E-state index in [-0.39, 0.29) is 11.3 Å². The van der Waals surface area contributed by atoms with Crippen LogP contribution in [0.4, 0.5) is 0 Å². The molecule has 6 heteroatoms. The number of fused-ring (bicyclic) bond motifs is 1. The van der Waals surface area contributed by atoms with Crippen LogP contribution in [-0.2, 0) is 22.5 Å². The van der Waals surface area contributed by atoms with Gasteiger partial charge in [0.25, 0.3) is 0 Å². The van der Waals surface area contributed by atoms with Crippen LogP contribution in [0.5, 0.6) is 0 Å². The zero-order chi connectivity index (χ0) is 18.6. The number of hydrogen-bond donors (Lipinski definition) is 1. The van der Waals surface area contributed by atoms with Gasteiger partial charge in [-0.1, -0.05) is 32.9 Å². The lowest BCUT2D eigenvalue weighted by Gasteiger charge is -2.27. The van der Waals surface area contributed by atoms with E-state index in [1.807, 2.05) is 26.8 Å². The van der Waals surface area contributed by atoms with Crippen molar-refractivity contribution in [2.45, 2.75) is 33.7 Å². The monoisotopic (exact) mass is 358 g/mol. The standard InChI is InChI=1S/C20H30N4O2/c1-20(2,3)19(25)21-9-8-18-22-16-6-4-5-7-17(16)24(18)11-10-23-12-14-26-15-13-23/h4-7H,8-15H2,1-3H3,(H,21,25). The Labute approximate surface area is 155 Å². The maximum Gasteiger partial charge on any atom is 0.225 e. The number of benzene rings is 1. The van der Waals surface area contributed by atoms with E-state index in [0.29, 0.717) is 6.54 Å². The number of para-hydroxylation sites is 2. The van der Waals surface area contributed by atoms with Gasteiger partial charge in [-0.3, -0.25) is 9.69 Å². The Morgan fingerprint density at radius 3 is 2.65 bits per heavy atom. The summed E-state index contributed by atoms with van der Waals surface area (Å²) in [5.41, 5.74) is 1.82. The van der Waals surface area contributed by atoms with Gasteiger partial charge in [0.2, 0.25) is 5.91 Å². The lowest BCUT2D eigenvalue weighted by Crippen LogP contribution is -2.38. The molecule has 142 valence electrons. The third-order valence-electron chi connectivity index (χ3n) is 4.79. The number of nitrogens with zero attached hydrogens (tertiary/aromatic N) is 3. The van der Waals surface area contributed by atoms with Gasteiger partial charge in [-0.2, -0.15) is 0 Å². The molecule has 0 spiro atoms. The molecule has 0 bridgehead atoms. The van der Waals surface area contributed by atoms with Crippen molar-refractivity contribution in [1.82, 2.24) is 19.8 Å². The van der Waals surface area contributed by atoms with Gasteiger partial charge >= 0.3 is 0 Å². The summed E-state index contributed by atoms with van der Waals surface area (Å²) in [6.07, 6.45) is 0.736. The first-order valence-electron chi connectivity index (χ1n) is 9.48. The van der Waals surface area contributed by atoms with Gasteiger partial charge < -0.3 is 14.6 Å². The molecule has 1 aromatic carbocycles. The molecule has 6 nitrogen and oxygen atoms in total. The smallest absolute Gasteiger partial charge is 0.225 e. The Bertz CT molecular complexity index is 742. The lowest BCUT2D eigenvalue weighted by atomic mass is 9.96. The second kappa shape index (κ2) is 8.18. The van der Waals surface area contributed by atoms with Gasteiger partial charge in [0.1, 0.15) is 5.82 Å². The molecule has 0 aliphatic carbocycles. The van der Waals surface area contributed by atoms with E-state index < -0.39 is 0 Å². The van der Waals surface area contributed by atoms with Crippen LogP contribution < -0.4 is 5.32 Å². The maximum absolute atomic E-state index is 12.1. The molecule has 2 heterocycles. The van der Waals surface area contributed by atoms with Crippen molar-refractivity contribution >= 4 is 16.9 Å². The Hall–Kier alpha value is -1.92. The molecule has 1 aliphatic heterocycles. The summed E-state index contributed by atoms with van der Waals surface area (Å²) < 4.78 is 7.73. The van der Waals surface area contributed by atoms with Crippen LogP contribution >= 0.6 is 0 Å². The minimum Gasteiger partial charge on any atom is -0.379 e. The zero-order valence-corrected chi connectivity index (χ0v) is 16.1. The van der Waals surface area contributed by atoms with Crippen molar-refractivity contribution in [3.63, 3.8) is 0 Å². The van der Waals surface area contributed by atoms with Crippen LogP contribution in [0.25, 0.3) is 11.0 Å². The predicted octanol–water partition coefficient (Wildman–Crippen LogP) is 2.07. The Kier molecular flexibility index (Phi) is 5.94. The number of morpholine rings is 1. The number of aromatic nitrogens is 2. The highest BCUT2D eigenvalue weighted by Crippen LogP contribution is 2.17. The van der Waals surface area contributed by atoms with Gasteiger partial charge in [-0.25, -0.2) is 4.98 Å². The molecule has 1 aliphatic rings. The van der Waals surface area contributed by atoms with Crippen molar-refractivity contribution in [1.29, 1.82) is 0 Å². The summed E-state index contributed by atoms with van der Waals surface area (Å²) in [5.74, 6) is 1.11. The average molecular weight is 358 g/mol. The van der Waals surface area contributed by atoms with Crippen LogP contribution in [0.2, 0.25) is 0 Å². The normalized spacial score (nSPS) is 16.1. The largest absolute Gasteiger partial charge is 0.379 e. The summed E-state index contributed by atoms with van der Waals surface area (Å²) >= 11 is 0. The van der Waals surface area contributed by atoms with E-state index in [0.717, 1.165) is 62.7 Å². The zero-order valence-electron chi connectivity index (χ0n) is 16.1. The van der Waals surface area contributed by atoms with E-state index in [9.17, 15) is 4.79 Å². The third-order valence-corrected chi connectivity index (χ3v) is 4.79. The van der Waals surface area contributed by atoms with Gasteiger partial charge in [0, 0.05) is 44.6 Å². The second-order valence-electron chi connectivity index (χ2n) is 7.88. The van der Waals surface area contributed by atoms with Crippen LogP contribution in [0.3, 0.4) is 0 Å². The summed E-state index contributed by atoms with van der Waals surface area (Å²) in [6, 6.07) is 8.25. The van der Waals surface area contributed by atoms with E-state index in [1.165, 1.54) is 0 Å². The average Bonchev–Trinajstić information content (AvgIpc) is 2.97. The summed E-state index contributed by atoms with van der Waals surface area (Å²) in [5, 5.41) is 3.03. The van der Waals surface area contributed by atoms with Gasteiger partial charge in [-0.15, -0.1) is 0 Å². The van der Waals surface area contributed by atoms with Gasteiger partial charge in [-0.05, 0) is 12.1 Å². The second-order valence-corrected chi connectivity index (χ2v) is 7.88. The number of carbonyl (C=O) groups excluding carboxylic acids is 1. The van der Waals surface area contributed by atoms with Crippen LogP contribution in [0.15, 0.2) is 24.3 Å². The number of hydrogen-bond acceptors (Lipinski definition) is 4. The number of nitrogens with one attached hydrogen (secondary N) is 1. The topological polar surface area (TPSA) is 59.4 Å². The van der Waals surface area contributed by atoms with E-state index in [1.54, 1.807) is 0 Å². The molecule has 3 rings (SSSR count). The Balaban J connectivity index is 1.68. The molecule has 1 saturated heterocycles. The molecular weight excluding hydrogens is 328 g/mol. The fourth-order valence-electron chi connectivity index (χ4n) is 3.18. The van der Waals surface area contributed by atoms with Crippen molar-refractivity contribution in [2.24, 2.45) is 5.41 Å². The fourth-order valence-corrected chi connectivity index (χ4v) is 3.18. The number of carbonyl (C=O) groups is 1. The highest BCUT2D eigenvalue weighted by Gasteiger charge is 2.21. The van der Waals surface area contributed by atoms with Crippen LogP contribution in [0, 0.1) is 5.41 Å². The molecule has 0 radical (unpaired) electrons. The maximum atomic E-state index is 12.1. The highest BCUT2D eigenvalue weighted by molar-refractivity contribution is 5.81. The first-order valence-corrected chi connectivity index (χ1v) is 9.48. The lowest BCUT2D eigenvalue weighted by molar-refractivity contribution is -0.128. The number of rotatable bonds is 6. The number of amides is 1. The molecule has 1 amide bonds. The third kappa shape index (κ3) is 4.62. The van der Waals surface area contributed by atoms with E-state index in [2.05, 4.69) is 33.0 Å². The first kappa shape index (κ1) is 18.9. The van der Waals surface area contributed by atoms with Crippen molar-refractivity contribution in [3.8, 4) is 0 Å².